The van der Waals surface area contributed by atoms with E-state index in [1.54, 1.807) is 24.3 Å². The molecule has 0 unspecified atom stereocenters. The SMILES string of the molecule is COC1=CC2(C=C(OC)C1=O)CC(=O)Nc1cc(OC)c(OC)cc12. The molecule has 2 aliphatic rings. The number of rotatable bonds is 4. The van der Waals surface area contributed by atoms with Crippen molar-refractivity contribution in [3.05, 3.63) is 41.4 Å². The average molecular weight is 345 g/mol. The van der Waals surface area contributed by atoms with Gasteiger partial charge in [0, 0.05) is 18.2 Å². The minimum absolute atomic E-state index is 0.114. The quantitative estimate of drug-likeness (QED) is 0.898. The number of anilines is 1. The topological polar surface area (TPSA) is 83.1 Å². The van der Waals surface area contributed by atoms with Gasteiger partial charge in [-0.2, -0.15) is 0 Å². The molecule has 1 spiro atoms. The third-order valence-corrected chi connectivity index (χ3v) is 4.42. The Labute approximate surface area is 145 Å². The lowest BCUT2D eigenvalue weighted by Crippen LogP contribution is -2.38. The molecule has 0 radical (unpaired) electrons. The van der Waals surface area contributed by atoms with Crippen molar-refractivity contribution >= 4 is 17.4 Å². The molecule has 1 N–H and O–H groups in total. The van der Waals surface area contributed by atoms with Crippen LogP contribution < -0.4 is 14.8 Å². The van der Waals surface area contributed by atoms with Gasteiger partial charge in [0.25, 0.3) is 5.78 Å². The Morgan fingerprint density at radius 2 is 1.44 bits per heavy atom. The van der Waals surface area contributed by atoms with Crippen molar-refractivity contribution in [1.29, 1.82) is 0 Å². The Balaban J connectivity index is 2.28. The number of ketones is 1. The number of methoxy groups -OCH3 is 4. The van der Waals surface area contributed by atoms with E-state index >= 15 is 0 Å². The van der Waals surface area contributed by atoms with Gasteiger partial charge in [0.15, 0.2) is 23.0 Å². The zero-order chi connectivity index (χ0) is 18.2. The van der Waals surface area contributed by atoms with E-state index in [9.17, 15) is 9.59 Å². The van der Waals surface area contributed by atoms with Crippen LogP contribution >= 0.6 is 0 Å². The number of carbonyl (C=O) groups excluding carboxylic acids is 2. The molecule has 0 bridgehead atoms. The van der Waals surface area contributed by atoms with Crippen molar-refractivity contribution < 1.29 is 28.5 Å². The number of ether oxygens (including phenoxy) is 4. The van der Waals surface area contributed by atoms with Gasteiger partial charge in [0.05, 0.1) is 33.9 Å². The summed E-state index contributed by atoms with van der Waals surface area (Å²) in [6, 6.07) is 3.49. The van der Waals surface area contributed by atoms with Crippen LogP contribution in [0.4, 0.5) is 5.69 Å². The molecule has 1 aromatic rings. The number of Topliss-reactive ketones (excluding diaryl/α,β-unsaturated/α-hetero) is 1. The fourth-order valence-electron chi connectivity index (χ4n) is 3.25. The van der Waals surface area contributed by atoms with E-state index in [1.165, 1.54) is 28.4 Å². The van der Waals surface area contributed by atoms with Crippen molar-refractivity contribution in [1.82, 2.24) is 0 Å². The van der Waals surface area contributed by atoms with Crippen LogP contribution in [0.5, 0.6) is 11.5 Å². The fraction of sp³-hybridized carbons (Fsp3) is 0.333. The summed E-state index contributed by atoms with van der Waals surface area (Å²) in [5.74, 6) is 0.742. The maximum Gasteiger partial charge on any atom is 0.261 e. The van der Waals surface area contributed by atoms with Gasteiger partial charge in [0.1, 0.15) is 0 Å². The van der Waals surface area contributed by atoms with Crippen molar-refractivity contribution in [2.45, 2.75) is 11.8 Å². The summed E-state index contributed by atoms with van der Waals surface area (Å²) in [6.45, 7) is 0. The van der Waals surface area contributed by atoms with Gasteiger partial charge < -0.3 is 24.3 Å². The Hall–Kier alpha value is -2.96. The van der Waals surface area contributed by atoms with Crippen molar-refractivity contribution in [2.75, 3.05) is 33.8 Å². The monoisotopic (exact) mass is 345 g/mol. The Kier molecular flexibility index (Phi) is 4.16. The predicted octanol–water partition coefficient (Wildman–Crippen LogP) is 1.93. The Bertz CT molecular complexity index is 784. The van der Waals surface area contributed by atoms with Gasteiger partial charge >= 0.3 is 0 Å². The number of hydrogen-bond acceptors (Lipinski definition) is 6. The van der Waals surface area contributed by atoms with E-state index in [0.717, 1.165) is 5.56 Å². The largest absolute Gasteiger partial charge is 0.493 e. The molecule has 1 aromatic carbocycles. The van der Waals surface area contributed by atoms with Crippen LogP contribution in [-0.2, 0) is 24.5 Å². The predicted molar refractivity (Wildman–Crippen MR) is 89.7 cm³/mol. The summed E-state index contributed by atoms with van der Waals surface area (Å²) in [5.41, 5.74) is 0.477. The first-order valence-corrected chi connectivity index (χ1v) is 7.62. The summed E-state index contributed by atoms with van der Waals surface area (Å²) < 4.78 is 21.1. The molecule has 1 aliphatic heterocycles. The molecule has 7 heteroatoms. The smallest absolute Gasteiger partial charge is 0.261 e. The first-order valence-electron chi connectivity index (χ1n) is 7.62. The molecule has 0 saturated heterocycles. The second-order valence-electron chi connectivity index (χ2n) is 5.77. The summed E-state index contributed by atoms with van der Waals surface area (Å²) in [4.78, 5) is 24.6. The number of allylic oxidation sites excluding steroid dienone is 2. The van der Waals surface area contributed by atoms with Gasteiger partial charge in [-0.15, -0.1) is 0 Å². The molecule has 1 aliphatic carbocycles. The molecular weight excluding hydrogens is 326 g/mol. The lowest BCUT2D eigenvalue weighted by Gasteiger charge is -2.37. The molecule has 0 atom stereocenters. The van der Waals surface area contributed by atoms with Gasteiger partial charge in [-0.1, -0.05) is 0 Å². The fourth-order valence-corrected chi connectivity index (χ4v) is 3.25. The van der Waals surface area contributed by atoms with Crippen LogP contribution in [0.15, 0.2) is 35.8 Å². The first kappa shape index (κ1) is 16.9. The summed E-state index contributed by atoms with van der Waals surface area (Å²) in [7, 11) is 5.88. The van der Waals surface area contributed by atoms with E-state index in [2.05, 4.69) is 5.32 Å². The molecular formula is C18H19NO6. The van der Waals surface area contributed by atoms with Crippen LogP contribution in [0, 0.1) is 0 Å². The molecule has 25 heavy (non-hydrogen) atoms. The van der Waals surface area contributed by atoms with Crippen LogP contribution in [0.3, 0.4) is 0 Å². The van der Waals surface area contributed by atoms with Gasteiger partial charge in [-0.05, 0) is 23.8 Å². The number of amides is 1. The minimum atomic E-state index is -0.873. The number of hydrogen-bond donors (Lipinski definition) is 1. The molecule has 7 nitrogen and oxygen atoms in total. The lowest BCUT2D eigenvalue weighted by atomic mass is 9.71. The maximum atomic E-state index is 12.3. The molecule has 1 heterocycles. The van der Waals surface area contributed by atoms with Gasteiger partial charge in [0.2, 0.25) is 5.91 Å². The minimum Gasteiger partial charge on any atom is -0.493 e. The summed E-state index contributed by atoms with van der Waals surface area (Å²) >= 11 is 0. The Morgan fingerprint density at radius 1 is 0.880 bits per heavy atom. The highest BCUT2D eigenvalue weighted by atomic mass is 16.5. The molecule has 0 aromatic heterocycles. The standard InChI is InChI=1S/C18H19NO6/c1-22-12-5-10-11(6-13(12)23-2)19-16(20)9-18(10)7-14(24-3)17(21)15(8-18)25-4/h5-8H,9H2,1-4H3,(H,19,20). The zero-order valence-corrected chi connectivity index (χ0v) is 14.5. The van der Waals surface area contributed by atoms with Gasteiger partial charge in [-0.3, -0.25) is 9.59 Å². The van der Waals surface area contributed by atoms with E-state index in [4.69, 9.17) is 18.9 Å². The van der Waals surface area contributed by atoms with Crippen LogP contribution in [0.25, 0.3) is 0 Å². The highest BCUT2D eigenvalue weighted by Gasteiger charge is 2.43. The average Bonchev–Trinajstić information content (AvgIpc) is 2.62. The Morgan fingerprint density at radius 3 is 1.96 bits per heavy atom. The second-order valence-corrected chi connectivity index (χ2v) is 5.77. The van der Waals surface area contributed by atoms with Crippen LogP contribution in [0.1, 0.15) is 12.0 Å². The molecule has 0 saturated carbocycles. The summed E-state index contributed by atoms with van der Waals surface area (Å²) in [6.07, 6.45) is 3.42. The first-order chi connectivity index (χ1) is 12.0. The number of fused-ring (bicyclic) bond motifs is 2. The normalized spacial score (nSPS) is 17.9. The highest BCUT2D eigenvalue weighted by molar-refractivity contribution is 6.08. The van der Waals surface area contributed by atoms with Crippen molar-refractivity contribution in [3.8, 4) is 11.5 Å². The molecule has 132 valence electrons. The molecule has 1 amide bonds. The van der Waals surface area contributed by atoms with Crippen LogP contribution in [0.2, 0.25) is 0 Å². The lowest BCUT2D eigenvalue weighted by molar-refractivity contribution is -0.119. The molecule has 3 rings (SSSR count). The number of benzene rings is 1. The third-order valence-electron chi connectivity index (χ3n) is 4.42. The van der Waals surface area contributed by atoms with Gasteiger partial charge in [-0.25, -0.2) is 0 Å². The molecule has 0 fully saturated rings. The van der Waals surface area contributed by atoms with E-state index in [0.29, 0.717) is 17.2 Å². The third kappa shape index (κ3) is 2.61. The number of nitrogens with one attached hydrogen (secondary N) is 1. The number of carbonyl (C=O) groups is 2. The second kappa shape index (κ2) is 6.16. The van der Waals surface area contributed by atoms with E-state index in [-0.39, 0.29) is 29.6 Å². The maximum absolute atomic E-state index is 12.3. The van der Waals surface area contributed by atoms with E-state index < -0.39 is 5.41 Å². The highest BCUT2D eigenvalue weighted by Crippen LogP contribution is 2.47. The van der Waals surface area contributed by atoms with Crippen molar-refractivity contribution in [2.24, 2.45) is 0 Å². The van der Waals surface area contributed by atoms with Crippen molar-refractivity contribution in [3.63, 3.8) is 0 Å². The summed E-state index contributed by atoms with van der Waals surface area (Å²) in [5, 5.41) is 2.83. The zero-order valence-electron chi connectivity index (χ0n) is 14.5. The van der Waals surface area contributed by atoms with Crippen LogP contribution in [-0.4, -0.2) is 40.1 Å². The van der Waals surface area contributed by atoms with E-state index in [1.807, 2.05) is 0 Å².